The molecule has 96 valence electrons. The van der Waals surface area contributed by atoms with Crippen LogP contribution in [0.3, 0.4) is 0 Å². The standard InChI is InChI=1S/C11H14F2O3S/c1-6-4-8(10(13)5-9(6)12)11(14)7(2)17(3,15)16/h4-5,7,11,14H,1-3H3. The van der Waals surface area contributed by atoms with E-state index in [1.807, 2.05) is 0 Å². The minimum atomic E-state index is -3.50. The molecule has 1 N–H and O–H groups in total. The fourth-order valence-electron chi connectivity index (χ4n) is 1.39. The molecule has 0 amide bonds. The molecule has 0 spiro atoms. The van der Waals surface area contributed by atoms with Crippen LogP contribution in [0.5, 0.6) is 0 Å². The summed E-state index contributed by atoms with van der Waals surface area (Å²) in [5, 5.41) is 8.63. The van der Waals surface area contributed by atoms with Crippen LogP contribution in [0, 0.1) is 18.6 Å². The lowest BCUT2D eigenvalue weighted by Crippen LogP contribution is -2.25. The lowest BCUT2D eigenvalue weighted by molar-refractivity contribution is 0.171. The third kappa shape index (κ3) is 3.01. The predicted molar refractivity (Wildman–Crippen MR) is 60.4 cm³/mol. The Morgan fingerprint density at radius 3 is 2.24 bits per heavy atom. The first-order valence-electron chi connectivity index (χ1n) is 4.97. The normalized spacial score (nSPS) is 15.6. The van der Waals surface area contributed by atoms with Gasteiger partial charge in [0, 0.05) is 17.9 Å². The zero-order chi connectivity index (χ0) is 13.4. The van der Waals surface area contributed by atoms with E-state index in [-0.39, 0.29) is 11.1 Å². The zero-order valence-electron chi connectivity index (χ0n) is 9.74. The number of halogens is 2. The lowest BCUT2D eigenvalue weighted by Gasteiger charge is -2.18. The van der Waals surface area contributed by atoms with E-state index in [0.29, 0.717) is 6.07 Å². The van der Waals surface area contributed by atoms with Crippen molar-refractivity contribution in [1.82, 2.24) is 0 Å². The summed E-state index contributed by atoms with van der Waals surface area (Å²) in [4.78, 5) is 0. The van der Waals surface area contributed by atoms with E-state index in [1.165, 1.54) is 13.8 Å². The molecule has 1 aromatic rings. The van der Waals surface area contributed by atoms with Crippen molar-refractivity contribution >= 4 is 9.84 Å². The van der Waals surface area contributed by atoms with Gasteiger partial charge in [0.2, 0.25) is 0 Å². The molecule has 0 saturated carbocycles. The van der Waals surface area contributed by atoms with Crippen molar-refractivity contribution in [2.24, 2.45) is 0 Å². The van der Waals surface area contributed by atoms with Crippen LogP contribution >= 0.6 is 0 Å². The number of hydrogen-bond acceptors (Lipinski definition) is 3. The molecule has 1 rings (SSSR count). The zero-order valence-corrected chi connectivity index (χ0v) is 10.6. The molecule has 0 aliphatic heterocycles. The molecule has 0 fully saturated rings. The second-order valence-electron chi connectivity index (χ2n) is 4.10. The van der Waals surface area contributed by atoms with Gasteiger partial charge >= 0.3 is 0 Å². The smallest absolute Gasteiger partial charge is 0.152 e. The molecule has 0 aromatic heterocycles. The average Bonchev–Trinajstić information content (AvgIpc) is 2.20. The highest BCUT2D eigenvalue weighted by Gasteiger charge is 2.28. The molecule has 0 radical (unpaired) electrons. The summed E-state index contributed by atoms with van der Waals surface area (Å²) in [6.07, 6.45) is -0.556. The molecule has 0 aliphatic carbocycles. The summed E-state index contributed by atoms with van der Waals surface area (Å²) in [5.41, 5.74) is -0.0528. The van der Waals surface area contributed by atoms with Crippen molar-refractivity contribution in [2.75, 3.05) is 6.26 Å². The Hall–Kier alpha value is -1.01. The maximum absolute atomic E-state index is 13.4. The lowest BCUT2D eigenvalue weighted by atomic mass is 10.0. The molecule has 0 aliphatic rings. The van der Waals surface area contributed by atoms with Crippen molar-refractivity contribution < 1.29 is 22.3 Å². The quantitative estimate of drug-likeness (QED) is 0.904. The monoisotopic (exact) mass is 264 g/mol. The fourth-order valence-corrected chi connectivity index (χ4v) is 2.01. The third-order valence-electron chi connectivity index (χ3n) is 2.72. The molecular weight excluding hydrogens is 250 g/mol. The second-order valence-corrected chi connectivity index (χ2v) is 6.51. The predicted octanol–water partition coefficient (Wildman–Crippen LogP) is 1.74. The van der Waals surface area contributed by atoms with E-state index in [2.05, 4.69) is 0 Å². The number of rotatable bonds is 3. The first-order chi connectivity index (χ1) is 7.64. The first-order valence-corrected chi connectivity index (χ1v) is 6.92. The Kier molecular flexibility index (Phi) is 3.88. The Morgan fingerprint density at radius 1 is 1.24 bits per heavy atom. The average molecular weight is 264 g/mol. The molecule has 0 heterocycles. The van der Waals surface area contributed by atoms with E-state index < -0.39 is 32.8 Å². The van der Waals surface area contributed by atoms with Crippen LogP contribution < -0.4 is 0 Å². The van der Waals surface area contributed by atoms with Crippen molar-refractivity contribution in [3.8, 4) is 0 Å². The summed E-state index contributed by atoms with van der Waals surface area (Å²) in [6, 6.07) is 1.76. The van der Waals surface area contributed by atoms with Gasteiger partial charge in [-0.3, -0.25) is 0 Å². The van der Waals surface area contributed by atoms with Gasteiger partial charge in [-0.2, -0.15) is 0 Å². The van der Waals surface area contributed by atoms with Crippen molar-refractivity contribution in [3.05, 3.63) is 34.9 Å². The first kappa shape index (κ1) is 14.1. The number of aliphatic hydroxyl groups is 1. The van der Waals surface area contributed by atoms with Crippen LogP contribution in [0.4, 0.5) is 8.78 Å². The number of sulfone groups is 1. The molecule has 17 heavy (non-hydrogen) atoms. The van der Waals surface area contributed by atoms with Gasteiger partial charge in [0.05, 0.1) is 11.4 Å². The Labute approximate surface area is 99.0 Å². The fraction of sp³-hybridized carbons (Fsp3) is 0.455. The highest BCUT2D eigenvalue weighted by Crippen LogP contribution is 2.26. The Bertz CT molecular complexity index is 526. The molecule has 6 heteroatoms. The summed E-state index contributed by atoms with van der Waals surface area (Å²) in [6.45, 7) is 2.69. The third-order valence-corrected chi connectivity index (χ3v) is 4.33. The Balaban J connectivity index is 3.22. The number of hydrogen-bond donors (Lipinski definition) is 1. The van der Waals surface area contributed by atoms with E-state index in [1.54, 1.807) is 0 Å². The summed E-state index contributed by atoms with van der Waals surface area (Å²) < 4.78 is 49.0. The van der Waals surface area contributed by atoms with Crippen molar-refractivity contribution in [2.45, 2.75) is 25.2 Å². The second kappa shape index (κ2) is 4.70. The highest BCUT2D eigenvalue weighted by atomic mass is 32.2. The molecule has 2 unspecified atom stereocenters. The van der Waals surface area contributed by atoms with E-state index >= 15 is 0 Å². The molecule has 1 aromatic carbocycles. The van der Waals surface area contributed by atoms with E-state index in [9.17, 15) is 22.3 Å². The minimum absolute atomic E-state index is 0.154. The Morgan fingerprint density at radius 2 is 1.76 bits per heavy atom. The van der Waals surface area contributed by atoms with Gasteiger partial charge in [0.25, 0.3) is 0 Å². The van der Waals surface area contributed by atoms with Crippen molar-refractivity contribution in [3.63, 3.8) is 0 Å². The van der Waals surface area contributed by atoms with Gasteiger partial charge in [-0.25, -0.2) is 17.2 Å². The molecule has 2 atom stereocenters. The maximum Gasteiger partial charge on any atom is 0.152 e. The van der Waals surface area contributed by atoms with Gasteiger partial charge in [0.1, 0.15) is 11.6 Å². The van der Waals surface area contributed by atoms with E-state index in [0.717, 1.165) is 12.3 Å². The van der Waals surface area contributed by atoms with Gasteiger partial charge in [-0.15, -0.1) is 0 Å². The van der Waals surface area contributed by atoms with Gasteiger partial charge in [-0.05, 0) is 25.5 Å². The number of benzene rings is 1. The van der Waals surface area contributed by atoms with Crippen LogP contribution in [0.2, 0.25) is 0 Å². The van der Waals surface area contributed by atoms with E-state index in [4.69, 9.17) is 0 Å². The van der Waals surface area contributed by atoms with Crippen LogP contribution in [-0.4, -0.2) is 25.0 Å². The molecule has 0 bridgehead atoms. The molecular formula is C11H14F2O3S. The van der Waals surface area contributed by atoms with Crippen LogP contribution in [0.15, 0.2) is 12.1 Å². The molecule has 0 saturated heterocycles. The number of aryl methyl sites for hydroxylation is 1. The topological polar surface area (TPSA) is 54.4 Å². The highest BCUT2D eigenvalue weighted by molar-refractivity contribution is 7.91. The minimum Gasteiger partial charge on any atom is -0.387 e. The van der Waals surface area contributed by atoms with Crippen LogP contribution in [-0.2, 0) is 9.84 Å². The van der Waals surface area contributed by atoms with Crippen LogP contribution in [0.1, 0.15) is 24.2 Å². The van der Waals surface area contributed by atoms with Gasteiger partial charge < -0.3 is 5.11 Å². The number of aliphatic hydroxyl groups excluding tert-OH is 1. The van der Waals surface area contributed by atoms with Gasteiger partial charge in [0.15, 0.2) is 9.84 Å². The van der Waals surface area contributed by atoms with Crippen LogP contribution in [0.25, 0.3) is 0 Å². The summed E-state index contributed by atoms with van der Waals surface area (Å²) in [5.74, 6) is -1.68. The van der Waals surface area contributed by atoms with Gasteiger partial charge in [-0.1, -0.05) is 0 Å². The van der Waals surface area contributed by atoms with Crippen molar-refractivity contribution in [1.29, 1.82) is 0 Å². The SMILES string of the molecule is Cc1cc(C(O)C(C)S(C)(=O)=O)c(F)cc1F. The summed E-state index contributed by atoms with van der Waals surface area (Å²) >= 11 is 0. The largest absolute Gasteiger partial charge is 0.387 e. The maximum atomic E-state index is 13.4. The molecule has 3 nitrogen and oxygen atoms in total. The summed E-state index contributed by atoms with van der Waals surface area (Å²) in [7, 11) is -3.50.